The van der Waals surface area contributed by atoms with Gasteiger partial charge < -0.3 is 14.5 Å². The molecule has 0 radical (unpaired) electrons. The first kappa shape index (κ1) is 18.5. The quantitative estimate of drug-likeness (QED) is 0.747. The van der Waals surface area contributed by atoms with Gasteiger partial charge in [0.2, 0.25) is 0 Å². The van der Waals surface area contributed by atoms with Gasteiger partial charge in [0.05, 0.1) is 0 Å². The van der Waals surface area contributed by atoms with Crippen molar-refractivity contribution < 1.29 is 14.3 Å². The number of pyridine rings is 1. The van der Waals surface area contributed by atoms with Crippen LogP contribution in [0.5, 0.6) is 0 Å². The molecule has 2 aromatic rings. The van der Waals surface area contributed by atoms with Crippen molar-refractivity contribution in [3.8, 4) is 0 Å². The second-order valence-electron chi connectivity index (χ2n) is 5.78. The smallest absolute Gasteiger partial charge is 0.357 e. The lowest BCUT2D eigenvalue weighted by atomic mass is 10.2. The van der Waals surface area contributed by atoms with Crippen LogP contribution in [0, 0.1) is 0 Å². The SMILES string of the molecule is O=C(OCC(=O)N1CCN(c2cccc(Cl)c2)CC1)c1cc(Cl)ccn1. The van der Waals surface area contributed by atoms with E-state index in [2.05, 4.69) is 9.88 Å². The van der Waals surface area contributed by atoms with Gasteiger partial charge in [-0.2, -0.15) is 0 Å². The van der Waals surface area contributed by atoms with Crippen molar-refractivity contribution in [1.82, 2.24) is 9.88 Å². The molecule has 1 saturated heterocycles. The van der Waals surface area contributed by atoms with Gasteiger partial charge in [-0.05, 0) is 30.3 Å². The van der Waals surface area contributed by atoms with Gasteiger partial charge in [-0.15, -0.1) is 0 Å². The predicted octanol–water partition coefficient (Wildman–Crippen LogP) is 2.89. The number of carbonyl (C=O) groups excluding carboxylic acids is 2. The molecule has 1 aromatic carbocycles. The third-order valence-electron chi connectivity index (χ3n) is 4.06. The number of benzene rings is 1. The molecule has 0 atom stereocenters. The summed E-state index contributed by atoms with van der Waals surface area (Å²) in [6.07, 6.45) is 1.41. The van der Waals surface area contributed by atoms with Gasteiger partial charge in [0.25, 0.3) is 5.91 Å². The topological polar surface area (TPSA) is 62.7 Å². The molecule has 0 unspecified atom stereocenters. The van der Waals surface area contributed by atoms with Crippen molar-refractivity contribution in [2.24, 2.45) is 0 Å². The summed E-state index contributed by atoms with van der Waals surface area (Å²) in [7, 11) is 0. The average molecular weight is 394 g/mol. The molecule has 0 bridgehead atoms. The number of nitrogens with zero attached hydrogens (tertiary/aromatic N) is 3. The van der Waals surface area contributed by atoms with Gasteiger partial charge in [0.1, 0.15) is 5.69 Å². The number of piperazine rings is 1. The Kier molecular flexibility index (Phi) is 5.96. The second kappa shape index (κ2) is 8.38. The van der Waals surface area contributed by atoms with E-state index in [1.165, 1.54) is 12.3 Å². The second-order valence-corrected chi connectivity index (χ2v) is 6.66. The minimum atomic E-state index is -0.668. The fraction of sp³-hybridized carbons (Fsp3) is 0.278. The monoisotopic (exact) mass is 393 g/mol. The summed E-state index contributed by atoms with van der Waals surface area (Å²) in [4.78, 5) is 31.9. The largest absolute Gasteiger partial charge is 0.451 e. The number of ether oxygens (including phenoxy) is 1. The minimum Gasteiger partial charge on any atom is -0.451 e. The summed E-state index contributed by atoms with van der Waals surface area (Å²) < 4.78 is 5.04. The summed E-state index contributed by atoms with van der Waals surface area (Å²) >= 11 is 11.8. The van der Waals surface area contributed by atoms with Crippen molar-refractivity contribution in [2.75, 3.05) is 37.7 Å². The van der Waals surface area contributed by atoms with Crippen LogP contribution in [-0.2, 0) is 9.53 Å². The third kappa shape index (κ3) is 4.65. The van der Waals surface area contributed by atoms with Crippen LogP contribution in [0.3, 0.4) is 0 Å². The van der Waals surface area contributed by atoms with Crippen LogP contribution in [-0.4, -0.2) is 54.5 Å². The normalized spacial score (nSPS) is 14.2. The number of anilines is 1. The Morgan fingerprint density at radius 2 is 1.77 bits per heavy atom. The number of esters is 1. The molecule has 1 fully saturated rings. The molecule has 0 N–H and O–H groups in total. The van der Waals surface area contributed by atoms with Crippen LogP contribution in [0.4, 0.5) is 5.69 Å². The van der Waals surface area contributed by atoms with Crippen LogP contribution in [0.2, 0.25) is 10.0 Å². The standard InChI is InChI=1S/C18H17Cl2N3O3/c19-13-2-1-3-15(10-13)22-6-8-23(9-7-22)17(24)12-26-18(25)16-11-14(20)4-5-21-16/h1-5,10-11H,6-9,12H2. The molecule has 136 valence electrons. The molecular formula is C18H17Cl2N3O3. The molecular weight excluding hydrogens is 377 g/mol. The fourth-order valence-electron chi connectivity index (χ4n) is 2.70. The molecule has 1 aromatic heterocycles. The van der Waals surface area contributed by atoms with Crippen LogP contribution < -0.4 is 4.90 Å². The predicted molar refractivity (Wildman–Crippen MR) is 99.8 cm³/mol. The van der Waals surface area contributed by atoms with Crippen molar-refractivity contribution in [3.05, 3.63) is 58.3 Å². The van der Waals surface area contributed by atoms with Crippen molar-refractivity contribution >= 4 is 40.8 Å². The van der Waals surface area contributed by atoms with Crippen molar-refractivity contribution in [3.63, 3.8) is 0 Å². The summed E-state index contributed by atoms with van der Waals surface area (Å²) in [6, 6.07) is 10.6. The maximum Gasteiger partial charge on any atom is 0.357 e. The van der Waals surface area contributed by atoms with E-state index in [1.807, 2.05) is 24.3 Å². The van der Waals surface area contributed by atoms with E-state index in [0.29, 0.717) is 36.2 Å². The number of rotatable bonds is 4. The van der Waals surface area contributed by atoms with Gasteiger partial charge in [0.15, 0.2) is 6.61 Å². The van der Waals surface area contributed by atoms with Gasteiger partial charge in [-0.3, -0.25) is 4.79 Å². The Morgan fingerprint density at radius 1 is 1.04 bits per heavy atom. The highest BCUT2D eigenvalue weighted by atomic mass is 35.5. The van der Waals surface area contributed by atoms with Gasteiger partial charge in [-0.25, -0.2) is 9.78 Å². The third-order valence-corrected chi connectivity index (χ3v) is 4.53. The Hall–Kier alpha value is -2.31. The highest BCUT2D eigenvalue weighted by Gasteiger charge is 2.22. The van der Waals surface area contributed by atoms with E-state index in [0.717, 1.165) is 5.69 Å². The highest BCUT2D eigenvalue weighted by Crippen LogP contribution is 2.20. The molecule has 1 aliphatic rings. The molecule has 1 amide bonds. The average Bonchev–Trinajstić information content (AvgIpc) is 2.66. The summed E-state index contributed by atoms with van der Waals surface area (Å²) in [5.74, 6) is -0.899. The summed E-state index contributed by atoms with van der Waals surface area (Å²) in [5.41, 5.74) is 1.11. The maximum atomic E-state index is 12.3. The minimum absolute atomic E-state index is 0.0797. The summed E-state index contributed by atoms with van der Waals surface area (Å²) in [6.45, 7) is 2.17. The first-order chi connectivity index (χ1) is 12.5. The number of carbonyl (C=O) groups is 2. The number of hydrogen-bond donors (Lipinski definition) is 0. The molecule has 0 aliphatic carbocycles. The molecule has 2 heterocycles. The highest BCUT2D eigenvalue weighted by molar-refractivity contribution is 6.31. The Morgan fingerprint density at radius 3 is 2.46 bits per heavy atom. The molecule has 8 heteroatoms. The van der Waals surface area contributed by atoms with Gasteiger partial charge >= 0.3 is 5.97 Å². The number of halogens is 2. The summed E-state index contributed by atoms with van der Waals surface area (Å²) in [5, 5.41) is 1.07. The Bertz CT molecular complexity index is 808. The first-order valence-corrected chi connectivity index (χ1v) is 8.85. The lowest BCUT2D eigenvalue weighted by Crippen LogP contribution is -2.49. The first-order valence-electron chi connectivity index (χ1n) is 8.10. The van der Waals surface area contributed by atoms with E-state index in [-0.39, 0.29) is 18.2 Å². The van der Waals surface area contributed by atoms with Crippen LogP contribution in [0.1, 0.15) is 10.5 Å². The van der Waals surface area contributed by atoms with Crippen molar-refractivity contribution in [2.45, 2.75) is 0 Å². The number of aromatic nitrogens is 1. The molecule has 0 saturated carbocycles. The van der Waals surface area contributed by atoms with Crippen molar-refractivity contribution in [1.29, 1.82) is 0 Å². The van der Waals surface area contributed by atoms with Gasteiger partial charge in [-0.1, -0.05) is 29.3 Å². The zero-order chi connectivity index (χ0) is 18.5. The number of hydrogen-bond acceptors (Lipinski definition) is 5. The number of amides is 1. The molecule has 6 nitrogen and oxygen atoms in total. The fourth-order valence-corrected chi connectivity index (χ4v) is 3.04. The Labute approximate surface area is 161 Å². The molecule has 3 rings (SSSR count). The zero-order valence-electron chi connectivity index (χ0n) is 13.9. The van der Waals surface area contributed by atoms with E-state index in [1.54, 1.807) is 11.0 Å². The van der Waals surface area contributed by atoms with Crippen LogP contribution in [0.15, 0.2) is 42.6 Å². The van der Waals surface area contributed by atoms with Gasteiger partial charge in [0, 0.05) is 48.1 Å². The lowest BCUT2D eigenvalue weighted by Gasteiger charge is -2.36. The zero-order valence-corrected chi connectivity index (χ0v) is 15.4. The van der Waals surface area contributed by atoms with E-state index in [4.69, 9.17) is 27.9 Å². The van der Waals surface area contributed by atoms with E-state index in [9.17, 15) is 9.59 Å². The molecule has 0 spiro atoms. The van der Waals surface area contributed by atoms with E-state index < -0.39 is 5.97 Å². The molecule has 1 aliphatic heterocycles. The lowest BCUT2D eigenvalue weighted by molar-refractivity contribution is -0.134. The van der Waals surface area contributed by atoms with E-state index >= 15 is 0 Å². The van der Waals surface area contributed by atoms with Crippen LogP contribution in [0.25, 0.3) is 0 Å². The maximum absolute atomic E-state index is 12.3. The van der Waals surface area contributed by atoms with Crippen LogP contribution >= 0.6 is 23.2 Å². The molecule has 26 heavy (non-hydrogen) atoms. The Balaban J connectivity index is 1.48.